The summed E-state index contributed by atoms with van der Waals surface area (Å²) in [5, 5.41) is 63.9. The summed E-state index contributed by atoms with van der Waals surface area (Å²) in [7, 11) is 1.64. The number of aromatic nitrogens is 10. The molecule has 5 heterocycles. The molecule has 24 nitrogen and oxygen atoms in total. The van der Waals surface area contributed by atoms with Crippen LogP contribution in [-0.2, 0) is 88.3 Å². The number of methoxy groups -OCH3 is 1. The molecule has 1 saturated carbocycles. The standard InChI is InChI=1S/C23H22F3N3O2S.C23H24F3N3O2S.C21H23N3O2S.C20H19F2N3OS.C20H22N4OS/c1-2-14-5-3-6-15(11-14)12-19(27-20(30)16-9-10-16)22-29-28-21(32-22)17-7-4-8-18(13-17)31-23(24,25)26;1-3-7-20(30)27-19(13-16-9-5-8-15(4-2)12-16)22-29-28-21(32-22)17-10-6-11-18(14-17)31-23(24,25)26;1-4-15-8-10-16(11-9-15)12-19(22-14(2)25)21-24-23-20(27-21)17-6-5-7-18(13-17)26-3;1-3-13-4-6-14(7-5-13)10-18(23-12(2)26)20-25-24-19(27-20)15-8-9-16(21)17(22)11-15;1-13-4-3-5-17(10-13)19-23-24-20(26-19)18(22-14(2)25)11-15-6-8-16(12-21)9-7-15/h3-8,11,13,16,19H,2,9-10,12H2,1H3,(H,27,30);5-6,8-12,14,19H,3-4,7,13H2,1-2H3,(H,27,30);5-11,13,19H,4,12H2,1-3H3,(H,22,25);4-9,11,18H,3,10H2,1-2H3,(H,23,26);3-10,18H,11-12,21H2,1-2H3,(H,22,25). The number of aryl methyl sites for hydroxylation is 5. The SMILES string of the molecule is CC(=O)NC(Cc1ccc(CN)cc1)c1nnc(-c2cccc(C)c2)s1.CCCC(=O)NC(Cc1cccc(CC)c1)c1nnc(-c2cccc(OC(F)(F)F)c2)s1.CCc1ccc(CC(NC(C)=O)c2nnc(-c3ccc(F)c(F)c3)s2)cc1.CCc1ccc(CC(NC(C)=O)c2nnc(-c3cccc(OC)c3)s2)cc1.CCc1cccc(CC(NC(=O)C2CC2)c2nnc(-c3cccc(OC(F)(F)F)c3)s2)c1. The van der Waals surface area contributed by atoms with Gasteiger partial charge in [-0.25, -0.2) is 8.78 Å². The number of rotatable bonds is 36. The lowest BCUT2D eigenvalue weighted by molar-refractivity contribution is -0.275. The van der Waals surface area contributed by atoms with E-state index in [9.17, 15) is 59.1 Å². The number of nitrogens with two attached hydrogens (primary N) is 1. The first-order valence-electron chi connectivity index (χ1n) is 46.7. The number of ether oxygens (including phenoxy) is 3. The van der Waals surface area contributed by atoms with Gasteiger partial charge in [-0.15, -0.1) is 77.3 Å². The Kier molecular flexibility index (Phi) is 40.1. The number of alkyl halides is 6. The van der Waals surface area contributed by atoms with Gasteiger partial charge in [-0.1, -0.05) is 273 Å². The van der Waals surface area contributed by atoms with E-state index in [2.05, 4.69) is 188 Å². The van der Waals surface area contributed by atoms with Gasteiger partial charge in [0.05, 0.1) is 37.3 Å². The average molecular weight is 2060 g/mol. The van der Waals surface area contributed by atoms with Gasteiger partial charge in [0.25, 0.3) is 0 Å². The van der Waals surface area contributed by atoms with Crippen LogP contribution in [0.3, 0.4) is 0 Å². The summed E-state index contributed by atoms with van der Waals surface area (Å²) in [4.78, 5) is 59.8. The number of amides is 5. The van der Waals surface area contributed by atoms with E-state index in [1.807, 2.05) is 110 Å². The highest BCUT2D eigenvalue weighted by molar-refractivity contribution is 7.16. The van der Waals surface area contributed by atoms with Crippen molar-refractivity contribution >= 4 is 86.2 Å². The second-order valence-electron chi connectivity index (χ2n) is 33.8. The number of benzene rings is 10. The molecule has 5 amide bonds. The summed E-state index contributed by atoms with van der Waals surface area (Å²) in [5.41, 5.74) is 21.7. The van der Waals surface area contributed by atoms with Gasteiger partial charge in [-0.3, -0.25) is 24.0 Å². The quantitative estimate of drug-likeness (QED) is 0.0199. The number of halogens is 8. The molecule has 5 aromatic heterocycles. The lowest BCUT2D eigenvalue weighted by Gasteiger charge is -2.16. The van der Waals surface area contributed by atoms with Gasteiger partial charge in [-0.05, 0) is 200 Å². The fourth-order valence-corrected chi connectivity index (χ4v) is 19.4. The highest BCUT2D eigenvalue weighted by atomic mass is 32.1. The van der Waals surface area contributed by atoms with Gasteiger partial charge >= 0.3 is 12.7 Å². The Labute approximate surface area is 850 Å². The van der Waals surface area contributed by atoms with Crippen LogP contribution in [0.25, 0.3) is 52.9 Å². The summed E-state index contributed by atoms with van der Waals surface area (Å²) in [5.74, 6) is -2.08. The first kappa shape index (κ1) is 109. The lowest BCUT2D eigenvalue weighted by Crippen LogP contribution is -2.31. The highest BCUT2D eigenvalue weighted by Gasteiger charge is 2.35. The Morgan fingerprint density at radius 3 is 1.00 bits per heavy atom. The number of carbonyl (C=O) groups is 5. The Balaban J connectivity index is 0.000000161. The molecule has 752 valence electrons. The molecule has 1 aliphatic rings. The smallest absolute Gasteiger partial charge is 0.497 e. The fourth-order valence-electron chi connectivity index (χ4n) is 14.9. The summed E-state index contributed by atoms with van der Waals surface area (Å²) in [6.07, 6.45) is 0.125. The third kappa shape index (κ3) is 34.2. The van der Waals surface area contributed by atoms with E-state index in [-0.39, 0.29) is 77.2 Å². The maximum Gasteiger partial charge on any atom is 0.573 e. The number of hydrogen-bond acceptors (Lipinski definition) is 24. The van der Waals surface area contributed by atoms with Crippen LogP contribution in [-0.4, -0.2) is 100 Å². The molecule has 1 aliphatic carbocycles. The summed E-state index contributed by atoms with van der Waals surface area (Å²) >= 11 is 6.74. The molecule has 0 radical (unpaired) electrons. The predicted molar refractivity (Wildman–Crippen MR) is 547 cm³/mol. The van der Waals surface area contributed by atoms with Crippen LogP contribution in [0.2, 0.25) is 0 Å². The molecule has 0 aliphatic heterocycles. The first-order valence-corrected chi connectivity index (χ1v) is 50.8. The second-order valence-corrected chi connectivity index (χ2v) is 38.8. The molecule has 15 aromatic rings. The molecule has 0 spiro atoms. The largest absolute Gasteiger partial charge is 0.573 e. The van der Waals surface area contributed by atoms with Crippen LogP contribution in [0.1, 0.15) is 198 Å². The van der Waals surface area contributed by atoms with Crippen LogP contribution in [0.4, 0.5) is 35.1 Å². The molecule has 5 atom stereocenters. The van der Waals surface area contributed by atoms with E-state index < -0.39 is 24.4 Å². The van der Waals surface area contributed by atoms with Crippen molar-refractivity contribution in [3.8, 4) is 70.1 Å². The Hall–Kier alpha value is -13.9. The number of hydrogen-bond donors (Lipinski definition) is 6. The van der Waals surface area contributed by atoms with Gasteiger partial charge in [0, 0.05) is 67.5 Å². The van der Waals surface area contributed by atoms with E-state index in [0.29, 0.717) is 91.8 Å². The predicted octanol–water partition coefficient (Wildman–Crippen LogP) is 23.4. The van der Waals surface area contributed by atoms with Crippen molar-refractivity contribution in [3.05, 3.63) is 334 Å². The maximum absolute atomic E-state index is 13.5. The van der Waals surface area contributed by atoms with Crippen molar-refractivity contribution in [2.45, 2.75) is 195 Å². The number of nitrogens with one attached hydrogen (secondary N) is 5. The normalized spacial score (nSPS) is 12.7. The van der Waals surface area contributed by atoms with E-state index in [1.165, 1.54) is 148 Å². The Bertz CT molecular complexity index is 6740. The number of carbonyl (C=O) groups excluding carboxylic acids is 5. The van der Waals surface area contributed by atoms with E-state index >= 15 is 0 Å². The zero-order valence-corrected chi connectivity index (χ0v) is 84.8. The Morgan fingerprint density at radius 2 is 0.667 bits per heavy atom. The second kappa shape index (κ2) is 52.9. The minimum Gasteiger partial charge on any atom is -0.497 e. The van der Waals surface area contributed by atoms with Crippen molar-refractivity contribution in [1.29, 1.82) is 0 Å². The van der Waals surface area contributed by atoms with Crippen molar-refractivity contribution in [1.82, 2.24) is 77.6 Å². The number of nitrogens with zero attached hydrogens (tertiary/aromatic N) is 10. The summed E-state index contributed by atoms with van der Waals surface area (Å²) in [6.45, 7) is 17.4. The molecule has 1 fully saturated rings. The molecule has 16 rings (SSSR count). The summed E-state index contributed by atoms with van der Waals surface area (Å²) < 4.78 is 115. The molecule has 144 heavy (non-hydrogen) atoms. The molecule has 7 N–H and O–H groups in total. The van der Waals surface area contributed by atoms with Gasteiger partial charge in [0.2, 0.25) is 29.5 Å². The maximum atomic E-state index is 13.5. The minimum atomic E-state index is -4.77. The van der Waals surface area contributed by atoms with Crippen molar-refractivity contribution in [3.63, 3.8) is 0 Å². The van der Waals surface area contributed by atoms with Gasteiger partial charge < -0.3 is 46.5 Å². The average Bonchev–Trinajstić information content (AvgIpc) is 2.01. The molecular weight excluding hydrogens is 1950 g/mol. The van der Waals surface area contributed by atoms with Gasteiger partial charge in [-0.2, -0.15) is 0 Å². The Morgan fingerprint density at radius 1 is 0.354 bits per heavy atom. The monoisotopic (exact) mass is 2060 g/mol. The summed E-state index contributed by atoms with van der Waals surface area (Å²) in [6, 6.07) is 70.3. The van der Waals surface area contributed by atoms with Gasteiger partial charge in [0.15, 0.2) is 11.6 Å². The molecule has 37 heteroatoms. The van der Waals surface area contributed by atoms with Crippen LogP contribution in [0, 0.1) is 24.5 Å². The van der Waals surface area contributed by atoms with Crippen LogP contribution in [0.5, 0.6) is 17.2 Å². The van der Waals surface area contributed by atoms with Crippen LogP contribution >= 0.6 is 56.7 Å². The molecule has 0 saturated heterocycles. The van der Waals surface area contributed by atoms with Gasteiger partial charge in [0.1, 0.15) is 67.3 Å². The third-order valence-electron chi connectivity index (χ3n) is 22.4. The molecule has 0 bridgehead atoms. The topological polar surface area (TPSA) is 328 Å². The molecule has 10 aromatic carbocycles. The third-order valence-corrected chi connectivity index (χ3v) is 27.8. The van der Waals surface area contributed by atoms with E-state index in [0.717, 1.165) is 127 Å². The highest BCUT2D eigenvalue weighted by Crippen LogP contribution is 2.39. The zero-order valence-electron chi connectivity index (χ0n) is 80.8. The lowest BCUT2D eigenvalue weighted by atomic mass is 10.0. The first-order chi connectivity index (χ1) is 69.2. The van der Waals surface area contributed by atoms with E-state index in [4.69, 9.17) is 10.5 Å². The zero-order chi connectivity index (χ0) is 103. The van der Waals surface area contributed by atoms with Crippen molar-refractivity contribution in [2.75, 3.05) is 7.11 Å². The fraction of sp³-hybridized carbons (Fsp3) is 0.299. The molecule has 5 unspecified atom stereocenters. The van der Waals surface area contributed by atoms with E-state index in [1.54, 1.807) is 19.2 Å². The molecular formula is C107H110F8N16O8S5. The van der Waals surface area contributed by atoms with Crippen molar-refractivity contribution < 1.29 is 73.3 Å². The van der Waals surface area contributed by atoms with Crippen LogP contribution < -0.4 is 46.5 Å². The van der Waals surface area contributed by atoms with Crippen LogP contribution in [0.15, 0.2) is 237 Å². The van der Waals surface area contributed by atoms with Crippen molar-refractivity contribution in [2.24, 2.45) is 11.7 Å². The minimum absolute atomic E-state index is 0.000953.